The van der Waals surface area contributed by atoms with Gasteiger partial charge in [-0.25, -0.2) is 0 Å². The van der Waals surface area contributed by atoms with E-state index in [0.717, 1.165) is 19.0 Å². The summed E-state index contributed by atoms with van der Waals surface area (Å²) in [5, 5.41) is 6.14. The smallest absolute Gasteiger partial charge is 0.0346 e. The van der Waals surface area contributed by atoms with Crippen LogP contribution in [0.5, 0.6) is 0 Å². The highest BCUT2D eigenvalue weighted by Gasteiger charge is 2.19. The minimum absolute atomic E-state index is 0.802. The summed E-state index contributed by atoms with van der Waals surface area (Å²) in [7, 11) is 0. The molecular formula is C14H16N2. The standard InChI is InChI=1S/C14H16N2/c1-2-11(6-9-16-13-4-5-13)14-7-8-15-10-12(14)3-1/h1-3,7-8,10,13,16H,4-6,9H2. The summed E-state index contributed by atoms with van der Waals surface area (Å²) in [6.45, 7) is 1.09. The van der Waals surface area contributed by atoms with Gasteiger partial charge >= 0.3 is 0 Å². The van der Waals surface area contributed by atoms with E-state index in [2.05, 4.69) is 34.6 Å². The van der Waals surface area contributed by atoms with Crippen LogP contribution in [0.25, 0.3) is 10.8 Å². The molecule has 0 radical (unpaired) electrons. The molecule has 1 N–H and O–H groups in total. The molecule has 0 unspecified atom stereocenters. The van der Waals surface area contributed by atoms with Gasteiger partial charge in [0.25, 0.3) is 0 Å². The van der Waals surface area contributed by atoms with Crippen molar-refractivity contribution < 1.29 is 0 Å². The van der Waals surface area contributed by atoms with E-state index >= 15 is 0 Å². The van der Waals surface area contributed by atoms with Crippen molar-refractivity contribution in [3.8, 4) is 0 Å². The molecule has 0 bridgehead atoms. The lowest BCUT2D eigenvalue weighted by Crippen LogP contribution is -2.19. The van der Waals surface area contributed by atoms with Crippen LogP contribution in [0, 0.1) is 0 Å². The Bertz CT molecular complexity index is 484. The van der Waals surface area contributed by atoms with Crippen LogP contribution in [-0.2, 0) is 6.42 Å². The first-order valence-electron chi connectivity index (χ1n) is 5.98. The maximum Gasteiger partial charge on any atom is 0.0346 e. The first kappa shape index (κ1) is 9.79. The van der Waals surface area contributed by atoms with Crippen molar-refractivity contribution in [1.29, 1.82) is 0 Å². The van der Waals surface area contributed by atoms with Crippen molar-refractivity contribution in [2.75, 3.05) is 6.54 Å². The van der Waals surface area contributed by atoms with Crippen molar-refractivity contribution in [3.05, 3.63) is 42.2 Å². The Balaban J connectivity index is 1.79. The molecule has 1 saturated carbocycles. The molecular weight excluding hydrogens is 196 g/mol. The Labute approximate surface area is 95.7 Å². The van der Waals surface area contributed by atoms with Gasteiger partial charge in [-0.15, -0.1) is 0 Å². The summed E-state index contributed by atoms with van der Waals surface area (Å²) in [6, 6.07) is 9.38. The van der Waals surface area contributed by atoms with Crippen LogP contribution in [0.1, 0.15) is 18.4 Å². The first-order chi connectivity index (χ1) is 7.93. The van der Waals surface area contributed by atoms with E-state index < -0.39 is 0 Å². The zero-order chi connectivity index (χ0) is 10.8. The topological polar surface area (TPSA) is 24.9 Å². The largest absolute Gasteiger partial charge is 0.314 e. The molecule has 1 fully saturated rings. The molecule has 0 amide bonds. The second-order valence-corrected chi connectivity index (χ2v) is 4.49. The van der Waals surface area contributed by atoms with E-state index in [1.807, 2.05) is 12.4 Å². The van der Waals surface area contributed by atoms with Crippen LogP contribution in [0.3, 0.4) is 0 Å². The summed E-state index contributed by atoms with van der Waals surface area (Å²) in [5.41, 5.74) is 1.42. The summed E-state index contributed by atoms with van der Waals surface area (Å²) < 4.78 is 0. The lowest BCUT2D eigenvalue weighted by Gasteiger charge is -2.06. The highest BCUT2D eigenvalue weighted by molar-refractivity contribution is 5.84. The fourth-order valence-electron chi connectivity index (χ4n) is 2.11. The summed E-state index contributed by atoms with van der Waals surface area (Å²) >= 11 is 0. The van der Waals surface area contributed by atoms with Crippen molar-refractivity contribution in [2.45, 2.75) is 25.3 Å². The predicted molar refractivity (Wildman–Crippen MR) is 66.5 cm³/mol. The second-order valence-electron chi connectivity index (χ2n) is 4.49. The molecule has 1 aliphatic carbocycles. The Morgan fingerprint density at radius 2 is 2.19 bits per heavy atom. The van der Waals surface area contributed by atoms with Gasteiger partial charge in [-0.2, -0.15) is 0 Å². The van der Waals surface area contributed by atoms with Crippen molar-refractivity contribution >= 4 is 10.8 Å². The molecule has 16 heavy (non-hydrogen) atoms. The lowest BCUT2D eigenvalue weighted by molar-refractivity contribution is 0.683. The number of benzene rings is 1. The molecule has 2 aromatic rings. The molecule has 3 rings (SSSR count). The average Bonchev–Trinajstić information content (AvgIpc) is 3.13. The Morgan fingerprint density at radius 1 is 1.25 bits per heavy atom. The average molecular weight is 212 g/mol. The van der Waals surface area contributed by atoms with Crippen LogP contribution < -0.4 is 5.32 Å². The molecule has 1 aromatic carbocycles. The van der Waals surface area contributed by atoms with Gasteiger partial charge in [0.2, 0.25) is 0 Å². The molecule has 2 nitrogen and oxygen atoms in total. The maximum atomic E-state index is 4.16. The zero-order valence-corrected chi connectivity index (χ0v) is 9.32. The van der Waals surface area contributed by atoms with E-state index in [1.54, 1.807) is 0 Å². The lowest BCUT2D eigenvalue weighted by atomic mass is 10.0. The molecule has 1 aromatic heterocycles. The highest BCUT2D eigenvalue weighted by Crippen LogP contribution is 2.20. The second kappa shape index (κ2) is 4.22. The number of pyridine rings is 1. The van der Waals surface area contributed by atoms with Gasteiger partial charge in [-0.1, -0.05) is 18.2 Å². The summed E-state index contributed by atoms with van der Waals surface area (Å²) in [6.07, 6.45) is 7.64. The van der Waals surface area contributed by atoms with Gasteiger partial charge in [0.15, 0.2) is 0 Å². The third kappa shape index (κ3) is 2.07. The fraction of sp³-hybridized carbons (Fsp3) is 0.357. The van der Waals surface area contributed by atoms with E-state index in [9.17, 15) is 0 Å². The highest BCUT2D eigenvalue weighted by atomic mass is 14.9. The van der Waals surface area contributed by atoms with Gasteiger partial charge in [0.05, 0.1) is 0 Å². The molecule has 1 heterocycles. The van der Waals surface area contributed by atoms with Crippen LogP contribution >= 0.6 is 0 Å². The number of hydrogen-bond donors (Lipinski definition) is 1. The normalized spacial score (nSPS) is 15.5. The SMILES string of the molecule is c1cc(CCNC2CC2)c2ccncc2c1. The van der Waals surface area contributed by atoms with Crippen LogP contribution in [-0.4, -0.2) is 17.6 Å². The molecule has 82 valence electrons. The molecule has 0 spiro atoms. The third-order valence-electron chi connectivity index (χ3n) is 3.18. The van der Waals surface area contributed by atoms with Crippen LogP contribution in [0.15, 0.2) is 36.7 Å². The van der Waals surface area contributed by atoms with E-state index in [1.165, 1.54) is 29.2 Å². The Kier molecular flexibility index (Phi) is 2.58. The number of rotatable bonds is 4. The van der Waals surface area contributed by atoms with Gasteiger partial charge in [-0.05, 0) is 42.8 Å². The van der Waals surface area contributed by atoms with E-state index in [0.29, 0.717) is 0 Å². The maximum absolute atomic E-state index is 4.16. The van der Waals surface area contributed by atoms with Gasteiger partial charge in [-0.3, -0.25) is 4.98 Å². The molecule has 0 saturated heterocycles. The van der Waals surface area contributed by atoms with Gasteiger partial charge < -0.3 is 5.32 Å². The number of nitrogens with one attached hydrogen (secondary N) is 1. The van der Waals surface area contributed by atoms with Crippen molar-refractivity contribution in [2.24, 2.45) is 0 Å². The number of aromatic nitrogens is 1. The molecule has 1 aliphatic rings. The minimum atomic E-state index is 0.802. The van der Waals surface area contributed by atoms with Gasteiger partial charge in [0.1, 0.15) is 0 Å². The summed E-state index contributed by atoms with van der Waals surface area (Å²) in [5.74, 6) is 0. The van der Waals surface area contributed by atoms with Crippen LogP contribution in [0.2, 0.25) is 0 Å². The fourth-order valence-corrected chi connectivity index (χ4v) is 2.11. The zero-order valence-electron chi connectivity index (χ0n) is 9.32. The van der Waals surface area contributed by atoms with Crippen molar-refractivity contribution in [3.63, 3.8) is 0 Å². The monoisotopic (exact) mass is 212 g/mol. The summed E-state index contributed by atoms with van der Waals surface area (Å²) in [4.78, 5) is 4.16. The van der Waals surface area contributed by atoms with Crippen molar-refractivity contribution in [1.82, 2.24) is 10.3 Å². The predicted octanol–water partition coefficient (Wildman–Crippen LogP) is 2.53. The number of fused-ring (bicyclic) bond motifs is 1. The first-order valence-corrected chi connectivity index (χ1v) is 5.98. The third-order valence-corrected chi connectivity index (χ3v) is 3.18. The number of nitrogens with zero attached hydrogens (tertiary/aromatic N) is 1. The van der Waals surface area contributed by atoms with E-state index in [-0.39, 0.29) is 0 Å². The van der Waals surface area contributed by atoms with Crippen LogP contribution in [0.4, 0.5) is 0 Å². The quantitative estimate of drug-likeness (QED) is 0.842. The minimum Gasteiger partial charge on any atom is -0.314 e. The Hall–Kier alpha value is -1.41. The molecule has 0 aliphatic heterocycles. The Morgan fingerprint density at radius 3 is 3.06 bits per heavy atom. The van der Waals surface area contributed by atoms with E-state index in [4.69, 9.17) is 0 Å². The molecule has 0 atom stereocenters. The van der Waals surface area contributed by atoms with Gasteiger partial charge in [0, 0.05) is 23.8 Å². The molecule has 2 heteroatoms. The number of hydrogen-bond acceptors (Lipinski definition) is 2.